The number of allylic oxidation sites excluding steroid dienone is 1. The standard InChI is InChI=1S/C21H19N3O4S/c22-29(27,28)15-8-6-13(7-9-15)16(18-5-2-10-23-18)11-17-20-14(12-25)3-1-4-19(20)24-21(17)26/h1-11,16,23,25H,12H2,(H,24,26)(H2,22,27,28). The summed E-state index contributed by atoms with van der Waals surface area (Å²) in [4.78, 5) is 15.8. The SMILES string of the molecule is NS(=O)(=O)c1ccc(C(C=C2C(=O)Nc3cccc(CO)c32)c2ccc[nH]2)cc1. The molecule has 3 aromatic rings. The number of H-pyrrole nitrogens is 1. The lowest BCUT2D eigenvalue weighted by atomic mass is 9.90. The van der Waals surface area contributed by atoms with E-state index in [9.17, 15) is 18.3 Å². The van der Waals surface area contributed by atoms with Crippen LogP contribution in [-0.4, -0.2) is 24.4 Å². The fraction of sp³-hybridized carbons (Fsp3) is 0.0952. The monoisotopic (exact) mass is 409 g/mol. The van der Waals surface area contributed by atoms with Crippen molar-refractivity contribution in [3.63, 3.8) is 0 Å². The number of aliphatic hydroxyl groups is 1. The molecule has 0 bridgehead atoms. The van der Waals surface area contributed by atoms with Gasteiger partial charge in [0.2, 0.25) is 10.0 Å². The van der Waals surface area contributed by atoms with Gasteiger partial charge in [-0.1, -0.05) is 30.3 Å². The third-order valence-corrected chi connectivity index (χ3v) is 5.87. The van der Waals surface area contributed by atoms with Crippen molar-refractivity contribution in [3.05, 3.63) is 89.3 Å². The van der Waals surface area contributed by atoms with Crippen molar-refractivity contribution in [2.75, 3.05) is 5.32 Å². The van der Waals surface area contributed by atoms with Crippen LogP contribution in [0.3, 0.4) is 0 Å². The summed E-state index contributed by atoms with van der Waals surface area (Å²) >= 11 is 0. The van der Waals surface area contributed by atoms with E-state index < -0.39 is 10.0 Å². The number of hydrogen-bond donors (Lipinski definition) is 4. The van der Waals surface area contributed by atoms with Gasteiger partial charge in [-0.2, -0.15) is 0 Å². The third-order valence-electron chi connectivity index (χ3n) is 4.94. The lowest BCUT2D eigenvalue weighted by Gasteiger charge is -2.14. The van der Waals surface area contributed by atoms with Crippen LogP contribution in [0.1, 0.15) is 28.3 Å². The molecule has 2 aromatic carbocycles. The first-order valence-electron chi connectivity index (χ1n) is 8.91. The Morgan fingerprint density at radius 3 is 2.45 bits per heavy atom. The van der Waals surface area contributed by atoms with Crippen LogP contribution >= 0.6 is 0 Å². The molecule has 0 fully saturated rings. The lowest BCUT2D eigenvalue weighted by Crippen LogP contribution is -2.12. The largest absolute Gasteiger partial charge is 0.392 e. The molecule has 1 amide bonds. The summed E-state index contributed by atoms with van der Waals surface area (Å²) in [5.41, 5.74) is 4.07. The topological polar surface area (TPSA) is 125 Å². The molecule has 1 atom stereocenters. The molecular weight excluding hydrogens is 390 g/mol. The zero-order valence-electron chi connectivity index (χ0n) is 15.3. The Kier molecular flexibility index (Phi) is 4.83. The van der Waals surface area contributed by atoms with Crippen molar-refractivity contribution in [2.45, 2.75) is 17.4 Å². The molecule has 1 aliphatic heterocycles. The molecule has 0 saturated heterocycles. The number of nitrogens with one attached hydrogen (secondary N) is 2. The van der Waals surface area contributed by atoms with E-state index in [1.807, 2.05) is 18.2 Å². The van der Waals surface area contributed by atoms with Crippen LogP contribution in [0.15, 0.2) is 71.8 Å². The van der Waals surface area contributed by atoms with Gasteiger partial charge in [-0.25, -0.2) is 13.6 Å². The maximum absolute atomic E-state index is 12.7. The first-order valence-corrected chi connectivity index (χ1v) is 10.5. The Labute approximate surface area is 167 Å². The fourth-order valence-electron chi connectivity index (χ4n) is 3.55. The minimum atomic E-state index is -3.79. The van der Waals surface area contributed by atoms with Gasteiger partial charge >= 0.3 is 0 Å². The van der Waals surface area contributed by atoms with E-state index >= 15 is 0 Å². The van der Waals surface area contributed by atoms with Crippen molar-refractivity contribution in [1.29, 1.82) is 0 Å². The quantitative estimate of drug-likeness (QED) is 0.483. The number of rotatable bonds is 5. The summed E-state index contributed by atoms with van der Waals surface area (Å²) in [5.74, 6) is -0.586. The molecule has 0 aliphatic carbocycles. The first-order chi connectivity index (χ1) is 13.9. The molecule has 7 nitrogen and oxygen atoms in total. The predicted molar refractivity (Wildman–Crippen MR) is 109 cm³/mol. The van der Waals surface area contributed by atoms with Gasteiger partial charge in [-0.15, -0.1) is 0 Å². The summed E-state index contributed by atoms with van der Waals surface area (Å²) < 4.78 is 23.1. The van der Waals surface area contributed by atoms with E-state index in [1.54, 1.807) is 36.5 Å². The molecule has 148 valence electrons. The highest BCUT2D eigenvalue weighted by Gasteiger charge is 2.28. The number of nitrogens with two attached hydrogens (primary N) is 1. The number of aliphatic hydroxyl groups excluding tert-OH is 1. The zero-order valence-corrected chi connectivity index (χ0v) is 16.1. The minimum Gasteiger partial charge on any atom is -0.392 e. The first kappa shape index (κ1) is 19.1. The van der Waals surface area contributed by atoms with Gasteiger partial charge in [0.05, 0.1) is 11.5 Å². The summed E-state index contributed by atoms with van der Waals surface area (Å²) in [6, 6.07) is 15.3. The van der Waals surface area contributed by atoms with E-state index in [2.05, 4.69) is 10.3 Å². The van der Waals surface area contributed by atoms with Crippen LogP contribution in [0.2, 0.25) is 0 Å². The number of carbonyl (C=O) groups excluding carboxylic acids is 1. The van der Waals surface area contributed by atoms with Crippen LogP contribution in [0.25, 0.3) is 5.57 Å². The number of carbonyl (C=O) groups is 1. The van der Waals surface area contributed by atoms with Crippen LogP contribution < -0.4 is 10.5 Å². The van der Waals surface area contributed by atoms with Crippen molar-refractivity contribution >= 4 is 27.2 Å². The average Bonchev–Trinajstić information content (AvgIpc) is 3.33. The molecule has 0 saturated carbocycles. The van der Waals surface area contributed by atoms with E-state index in [0.717, 1.165) is 11.3 Å². The molecule has 0 radical (unpaired) electrons. The fourth-order valence-corrected chi connectivity index (χ4v) is 4.07. The minimum absolute atomic E-state index is 0.0191. The maximum atomic E-state index is 12.7. The number of benzene rings is 2. The summed E-state index contributed by atoms with van der Waals surface area (Å²) in [6.45, 7) is -0.189. The molecule has 2 heterocycles. The Balaban J connectivity index is 1.84. The molecule has 4 rings (SSSR count). The highest BCUT2D eigenvalue weighted by atomic mass is 32.2. The average molecular weight is 409 g/mol. The number of aromatic amines is 1. The third kappa shape index (κ3) is 3.61. The number of amides is 1. The number of aromatic nitrogens is 1. The van der Waals surface area contributed by atoms with Gasteiger partial charge in [0.25, 0.3) is 5.91 Å². The van der Waals surface area contributed by atoms with Crippen LogP contribution in [0.4, 0.5) is 5.69 Å². The highest BCUT2D eigenvalue weighted by Crippen LogP contribution is 2.38. The Morgan fingerprint density at radius 1 is 1.07 bits per heavy atom. The number of fused-ring (bicyclic) bond motifs is 1. The van der Waals surface area contributed by atoms with Gasteiger partial charge in [0.1, 0.15) is 0 Å². The molecule has 1 unspecified atom stereocenters. The Morgan fingerprint density at radius 2 is 1.83 bits per heavy atom. The predicted octanol–water partition coefficient (Wildman–Crippen LogP) is 2.32. The molecule has 8 heteroatoms. The summed E-state index contributed by atoms with van der Waals surface area (Å²) in [5, 5.41) is 17.7. The maximum Gasteiger partial charge on any atom is 0.256 e. The van der Waals surface area contributed by atoms with Crippen LogP contribution in [0.5, 0.6) is 0 Å². The second-order valence-electron chi connectivity index (χ2n) is 6.75. The van der Waals surface area contributed by atoms with Gasteiger partial charge in [-0.3, -0.25) is 4.79 Å². The van der Waals surface area contributed by atoms with Crippen LogP contribution in [-0.2, 0) is 21.4 Å². The zero-order chi connectivity index (χ0) is 20.6. The summed E-state index contributed by atoms with van der Waals surface area (Å²) in [7, 11) is -3.79. The molecule has 1 aliphatic rings. The Bertz CT molecular complexity index is 1200. The van der Waals surface area contributed by atoms with Crippen LogP contribution in [0, 0.1) is 0 Å². The van der Waals surface area contributed by atoms with E-state index in [4.69, 9.17) is 5.14 Å². The van der Waals surface area contributed by atoms with E-state index in [1.165, 1.54) is 12.1 Å². The van der Waals surface area contributed by atoms with Gasteiger partial charge < -0.3 is 15.4 Å². The van der Waals surface area contributed by atoms with Crippen molar-refractivity contribution < 1.29 is 18.3 Å². The second kappa shape index (κ2) is 7.32. The number of anilines is 1. The Hall–Kier alpha value is -3.20. The number of hydrogen-bond acceptors (Lipinski definition) is 4. The molecule has 29 heavy (non-hydrogen) atoms. The summed E-state index contributed by atoms with van der Waals surface area (Å²) in [6.07, 6.45) is 3.60. The van der Waals surface area contributed by atoms with Gasteiger partial charge in [0.15, 0.2) is 0 Å². The van der Waals surface area contributed by atoms with Crippen molar-refractivity contribution in [2.24, 2.45) is 5.14 Å². The van der Waals surface area contributed by atoms with Gasteiger partial charge in [0, 0.05) is 34.6 Å². The van der Waals surface area contributed by atoms with E-state index in [-0.39, 0.29) is 23.3 Å². The second-order valence-corrected chi connectivity index (χ2v) is 8.31. The van der Waals surface area contributed by atoms with Crippen molar-refractivity contribution in [3.8, 4) is 0 Å². The normalized spacial score (nSPS) is 15.9. The molecular formula is C21H19N3O4S. The molecule has 1 aromatic heterocycles. The van der Waals surface area contributed by atoms with Gasteiger partial charge in [-0.05, 0) is 41.5 Å². The molecule has 0 spiro atoms. The number of primary sulfonamides is 1. The number of sulfonamides is 1. The molecule has 5 N–H and O–H groups in total. The van der Waals surface area contributed by atoms with Crippen molar-refractivity contribution in [1.82, 2.24) is 4.98 Å². The lowest BCUT2D eigenvalue weighted by molar-refractivity contribution is -0.110. The van der Waals surface area contributed by atoms with E-state index in [0.29, 0.717) is 22.4 Å². The highest BCUT2D eigenvalue weighted by molar-refractivity contribution is 7.89. The smallest absolute Gasteiger partial charge is 0.256 e.